The smallest absolute Gasteiger partial charge is 0.254 e. The van der Waals surface area contributed by atoms with E-state index in [1.807, 2.05) is 18.2 Å². The first-order chi connectivity index (χ1) is 11.7. The summed E-state index contributed by atoms with van der Waals surface area (Å²) in [5.74, 6) is 1.57. The number of aryl methyl sites for hydroxylation is 1. The third kappa shape index (κ3) is 3.38. The molecule has 1 atom stereocenters. The SMILES string of the molecule is CCc1cc(N(Cc2ccccc2)[C@H](C)CCO)n2ncnc2n1. The van der Waals surface area contributed by atoms with Crippen molar-refractivity contribution in [1.29, 1.82) is 0 Å². The lowest BCUT2D eigenvalue weighted by atomic mass is 10.1. The van der Waals surface area contributed by atoms with Crippen LogP contribution in [0.3, 0.4) is 0 Å². The van der Waals surface area contributed by atoms with Crippen LogP contribution in [-0.4, -0.2) is 37.3 Å². The Balaban J connectivity index is 2.06. The van der Waals surface area contributed by atoms with Gasteiger partial charge in [-0.2, -0.15) is 14.6 Å². The lowest BCUT2D eigenvalue weighted by Crippen LogP contribution is -2.35. The molecule has 126 valence electrons. The highest BCUT2D eigenvalue weighted by molar-refractivity contribution is 5.48. The second-order valence-corrected chi connectivity index (χ2v) is 5.91. The fraction of sp³-hybridized carbons (Fsp3) is 0.389. The van der Waals surface area contributed by atoms with Gasteiger partial charge in [0, 0.05) is 31.0 Å². The summed E-state index contributed by atoms with van der Waals surface area (Å²) in [6.45, 7) is 5.09. The van der Waals surface area contributed by atoms with E-state index in [4.69, 9.17) is 0 Å². The number of anilines is 1. The molecule has 0 aliphatic heterocycles. The van der Waals surface area contributed by atoms with E-state index < -0.39 is 0 Å². The molecule has 2 heterocycles. The summed E-state index contributed by atoms with van der Waals surface area (Å²) in [5.41, 5.74) is 2.20. The Labute approximate surface area is 141 Å². The van der Waals surface area contributed by atoms with Gasteiger partial charge < -0.3 is 10.0 Å². The second kappa shape index (κ2) is 7.40. The van der Waals surface area contributed by atoms with E-state index in [1.165, 1.54) is 11.9 Å². The lowest BCUT2D eigenvalue weighted by molar-refractivity contribution is 0.275. The lowest BCUT2D eigenvalue weighted by Gasteiger charge is -2.31. The van der Waals surface area contributed by atoms with E-state index in [9.17, 15) is 5.11 Å². The molecule has 0 saturated heterocycles. The Bertz CT molecular complexity index is 786. The molecule has 1 aromatic carbocycles. The number of hydrogen-bond donors (Lipinski definition) is 1. The zero-order chi connectivity index (χ0) is 16.9. The second-order valence-electron chi connectivity index (χ2n) is 5.91. The Morgan fingerprint density at radius 3 is 2.75 bits per heavy atom. The maximum atomic E-state index is 9.40. The summed E-state index contributed by atoms with van der Waals surface area (Å²) in [6, 6.07) is 12.5. The highest BCUT2D eigenvalue weighted by Gasteiger charge is 2.19. The van der Waals surface area contributed by atoms with Crippen molar-refractivity contribution < 1.29 is 5.11 Å². The molecule has 3 rings (SSSR count). The van der Waals surface area contributed by atoms with Crippen molar-refractivity contribution in [2.45, 2.75) is 39.3 Å². The Morgan fingerprint density at radius 2 is 2.04 bits per heavy atom. The van der Waals surface area contributed by atoms with Gasteiger partial charge in [0.1, 0.15) is 12.1 Å². The maximum Gasteiger partial charge on any atom is 0.254 e. The van der Waals surface area contributed by atoms with Crippen LogP contribution < -0.4 is 4.90 Å². The normalized spacial score (nSPS) is 12.5. The average Bonchev–Trinajstić information content (AvgIpc) is 3.08. The van der Waals surface area contributed by atoms with Gasteiger partial charge in [0.05, 0.1) is 0 Å². The summed E-state index contributed by atoms with van der Waals surface area (Å²) in [5, 5.41) is 13.7. The first kappa shape index (κ1) is 16.4. The van der Waals surface area contributed by atoms with E-state index in [0.29, 0.717) is 12.2 Å². The third-order valence-corrected chi connectivity index (χ3v) is 4.22. The molecule has 0 amide bonds. The molecule has 2 aromatic heterocycles. The molecule has 6 heteroatoms. The van der Waals surface area contributed by atoms with E-state index >= 15 is 0 Å². The minimum atomic E-state index is 0.151. The van der Waals surface area contributed by atoms with E-state index in [1.54, 1.807) is 4.52 Å². The Morgan fingerprint density at radius 1 is 1.25 bits per heavy atom. The van der Waals surface area contributed by atoms with Crippen LogP contribution in [0.5, 0.6) is 0 Å². The van der Waals surface area contributed by atoms with E-state index in [2.05, 4.69) is 52.0 Å². The van der Waals surface area contributed by atoms with Gasteiger partial charge in [0.2, 0.25) is 0 Å². The number of benzene rings is 1. The third-order valence-electron chi connectivity index (χ3n) is 4.22. The molecular formula is C18H23N5O. The molecular weight excluding hydrogens is 302 g/mol. The quantitative estimate of drug-likeness (QED) is 0.723. The molecule has 0 spiro atoms. The van der Waals surface area contributed by atoms with Gasteiger partial charge in [0.15, 0.2) is 0 Å². The molecule has 0 radical (unpaired) electrons. The van der Waals surface area contributed by atoms with Crippen LogP contribution in [0, 0.1) is 0 Å². The van der Waals surface area contributed by atoms with Gasteiger partial charge >= 0.3 is 0 Å². The van der Waals surface area contributed by atoms with Crippen molar-refractivity contribution in [2.75, 3.05) is 11.5 Å². The molecule has 0 unspecified atom stereocenters. The predicted molar refractivity (Wildman–Crippen MR) is 93.9 cm³/mol. The Kier molecular flexibility index (Phi) is 5.05. The topological polar surface area (TPSA) is 66.5 Å². The molecule has 0 aliphatic rings. The predicted octanol–water partition coefficient (Wildman–Crippen LogP) is 2.46. The van der Waals surface area contributed by atoms with Crippen molar-refractivity contribution in [1.82, 2.24) is 19.6 Å². The maximum absolute atomic E-state index is 9.40. The summed E-state index contributed by atoms with van der Waals surface area (Å²) in [6.07, 6.45) is 3.05. The summed E-state index contributed by atoms with van der Waals surface area (Å²) >= 11 is 0. The van der Waals surface area contributed by atoms with Crippen LogP contribution in [0.1, 0.15) is 31.5 Å². The molecule has 3 aromatic rings. The molecule has 1 N–H and O–H groups in total. The van der Waals surface area contributed by atoms with Crippen molar-refractivity contribution in [3.63, 3.8) is 0 Å². The number of aliphatic hydroxyl groups excluding tert-OH is 1. The largest absolute Gasteiger partial charge is 0.396 e. The number of rotatable bonds is 7. The average molecular weight is 325 g/mol. The van der Waals surface area contributed by atoms with Crippen LogP contribution in [0.25, 0.3) is 5.78 Å². The van der Waals surface area contributed by atoms with Gasteiger partial charge in [0.25, 0.3) is 5.78 Å². The van der Waals surface area contributed by atoms with Gasteiger partial charge in [-0.3, -0.25) is 0 Å². The number of fused-ring (bicyclic) bond motifs is 1. The van der Waals surface area contributed by atoms with Crippen LogP contribution >= 0.6 is 0 Å². The van der Waals surface area contributed by atoms with Crippen LogP contribution in [0.4, 0.5) is 5.82 Å². The first-order valence-electron chi connectivity index (χ1n) is 8.34. The fourth-order valence-corrected chi connectivity index (χ4v) is 2.82. The van der Waals surface area contributed by atoms with Crippen LogP contribution in [-0.2, 0) is 13.0 Å². The molecule has 0 fully saturated rings. The van der Waals surface area contributed by atoms with E-state index in [-0.39, 0.29) is 12.6 Å². The molecule has 6 nitrogen and oxygen atoms in total. The standard InChI is InChI=1S/C18H23N5O/c1-3-16-11-17(23-18(21-16)19-13-20-23)22(14(2)9-10-24)12-15-7-5-4-6-8-15/h4-8,11,13-14,24H,3,9-10,12H2,1-2H3/t14-/m1/s1. The summed E-state index contributed by atoms with van der Waals surface area (Å²) < 4.78 is 1.77. The van der Waals surface area contributed by atoms with Crippen LogP contribution in [0.15, 0.2) is 42.7 Å². The molecule has 0 aliphatic carbocycles. The van der Waals surface area contributed by atoms with Gasteiger partial charge in [-0.05, 0) is 25.3 Å². The molecule has 0 saturated carbocycles. The fourth-order valence-electron chi connectivity index (χ4n) is 2.82. The number of hydrogen-bond acceptors (Lipinski definition) is 5. The molecule has 0 bridgehead atoms. The van der Waals surface area contributed by atoms with Crippen molar-refractivity contribution in [3.8, 4) is 0 Å². The minimum Gasteiger partial charge on any atom is -0.396 e. The zero-order valence-electron chi connectivity index (χ0n) is 14.1. The van der Waals surface area contributed by atoms with Gasteiger partial charge in [-0.15, -0.1) is 0 Å². The van der Waals surface area contributed by atoms with Gasteiger partial charge in [-0.1, -0.05) is 37.3 Å². The number of aliphatic hydroxyl groups is 1. The number of nitrogens with zero attached hydrogens (tertiary/aromatic N) is 5. The van der Waals surface area contributed by atoms with Gasteiger partial charge in [-0.25, -0.2) is 4.98 Å². The monoisotopic (exact) mass is 325 g/mol. The first-order valence-corrected chi connectivity index (χ1v) is 8.34. The minimum absolute atomic E-state index is 0.151. The number of aromatic nitrogens is 4. The van der Waals surface area contributed by atoms with Crippen molar-refractivity contribution in [2.24, 2.45) is 0 Å². The van der Waals surface area contributed by atoms with Crippen molar-refractivity contribution >= 4 is 11.6 Å². The highest BCUT2D eigenvalue weighted by Crippen LogP contribution is 2.23. The molecule has 24 heavy (non-hydrogen) atoms. The zero-order valence-corrected chi connectivity index (χ0v) is 14.1. The van der Waals surface area contributed by atoms with Crippen LogP contribution in [0.2, 0.25) is 0 Å². The highest BCUT2D eigenvalue weighted by atomic mass is 16.3. The van der Waals surface area contributed by atoms with Crippen molar-refractivity contribution in [3.05, 3.63) is 54.0 Å². The van der Waals surface area contributed by atoms with E-state index in [0.717, 1.165) is 24.5 Å². The Hall–Kier alpha value is -2.47. The summed E-state index contributed by atoms with van der Waals surface area (Å²) in [4.78, 5) is 11.0. The summed E-state index contributed by atoms with van der Waals surface area (Å²) in [7, 11) is 0.